The SMILES string of the molecule is Cc1cccc(S(=O)(=O)[C@H]2CCC3=Cc4c(cnn4-c4ccc(F)cc4)C[C@]3(C(=O)c3cc(C)ccn3)C2)c1. The standard InChI is InChI=1S/C31H28FN3O3S/c1-20-4-3-5-26(14-20)39(37,38)27-11-6-23-16-29-22(19-34-35(29)25-9-7-24(32)8-10-25)17-31(23,18-27)30(36)28-15-21(2)12-13-33-28/h3-5,7-10,12-16,19,27H,6,11,17-18H2,1-2H3/t27-,31-/m0/s1. The van der Waals surface area contributed by atoms with Gasteiger partial charge in [0.2, 0.25) is 0 Å². The van der Waals surface area contributed by atoms with Crippen LogP contribution in [0.5, 0.6) is 0 Å². The second-order valence-corrected chi connectivity index (χ2v) is 12.9. The number of sulfone groups is 1. The summed E-state index contributed by atoms with van der Waals surface area (Å²) in [5.74, 6) is -0.497. The van der Waals surface area contributed by atoms with Gasteiger partial charge in [-0.2, -0.15) is 5.10 Å². The summed E-state index contributed by atoms with van der Waals surface area (Å²) in [6.07, 6.45) is 6.70. The van der Waals surface area contributed by atoms with Gasteiger partial charge in [-0.25, -0.2) is 17.5 Å². The minimum absolute atomic E-state index is 0.165. The number of allylic oxidation sites excluding steroid dienone is 1. The third-order valence-corrected chi connectivity index (χ3v) is 10.2. The lowest BCUT2D eigenvalue weighted by atomic mass is 9.61. The predicted octanol–water partition coefficient (Wildman–Crippen LogP) is 5.86. The molecule has 1 fully saturated rings. The number of aryl methyl sites for hydroxylation is 2. The average molecular weight is 542 g/mol. The number of rotatable bonds is 5. The van der Waals surface area contributed by atoms with Gasteiger partial charge < -0.3 is 0 Å². The third kappa shape index (κ3) is 4.33. The molecule has 2 aliphatic carbocycles. The Labute approximate surface area is 227 Å². The van der Waals surface area contributed by atoms with Gasteiger partial charge in [0.15, 0.2) is 15.6 Å². The Kier molecular flexibility index (Phi) is 6.10. The van der Waals surface area contributed by atoms with Crippen LogP contribution in [-0.2, 0) is 16.3 Å². The Morgan fingerprint density at radius 2 is 1.82 bits per heavy atom. The molecular formula is C31H28FN3O3S. The molecule has 0 N–H and O–H groups in total. The van der Waals surface area contributed by atoms with E-state index in [2.05, 4.69) is 10.1 Å². The van der Waals surface area contributed by atoms with Crippen molar-refractivity contribution in [2.45, 2.75) is 49.7 Å². The molecule has 2 aliphatic rings. The van der Waals surface area contributed by atoms with Gasteiger partial charge in [0.1, 0.15) is 11.5 Å². The van der Waals surface area contributed by atoms with E-state index in [1.807, 2.05) is 32.1 Å². The van der Waals surface area contributed by atoms with Crippen LogP contribution in [0.25, 0.3) is 11.8 Å². The number of benzene rings is 2. The molecule has 0 bridgehead atoms. The van der Waals surface area contributed by atoms with Crippen molar-refractivity contribution in [2.75, 3.05) is 0 Å². The molecule has 0 unspecified atom stereocenters. The summed E-state index contributed by atoms with van der Waals surface area (Å²) in [6, 6.07) is 16.7. The molecule has 2 aromatic carbocycles. The van der Waals surface area contributed by atoms with Crippen molar-refractivity contribution < 1.29 is 17.6 Å². The highest BCUT2D eigenvalue weighted by Gasteiger charge is 2.52. The van der Waals surface area contributed by atoms with Gasteiger partial charge in [0.05, 0.1) is 33.1 Å². The maximum atomic E-state index is 14.3. The van der Waals surface area contributed by atoms with Crippen molar-refractivity contribution in [1.29, 1.82) is 0 Å². The van der Waals surface area contributed by atoms with Crippen LogP contribution >= 0.6 is 0 Å². The van der Waals surface area contributed by atoms with E-state index < -0.39 is 20.5 Å². The van der Waals surface area contributed by atoms with Crippen molar-refractivity contribution in [3.05, 3.63) is 113 Å². The van der Waals surface area contributed by atoms with Crippen LogP contribution in [0.2, 0.25) is 0 Å². The molecule has 6 nitrogen and oxygen atoms in total. The number of carbonyl (C=O) groups is 1. The van der Waals surface area contributed by atoms with Gasteiger partial charge in [0.25, 0.3) is 0 Å². The fraction of sp³-hybridized carbons (Fsp3) is 0.258. The minimum Gasteiger partial charge on any atom is -0.291 e. The van der Waals surface area contributed by atoms with Crippen molar-refractivity contribution in [2.24, 2.45) is 5.41 Å². The van der Waals surface area contributed by atoms with Crippen LogP contribution in [0.1, 0.15) is 52.1 Å². The first-order valence-electron chi connectivity index (χ1n) is 13.0. The molecule has 2 aromatic heterocycles. The summed E-state index contributed by atoms with van der Waals surface area (Å²) in [6.45, 7) is 3.78. The summed E-state index contributed by atoms with van der Waals surface area (Å²) in [4.78, 5) is 19.0. The maximum absolute atomic E-state index is 14.3. The number of halogens is 1. The van der Waals surface area contributed by atoms with Crippen LogP contribution in [0, 0.1) is 25.1 Å². The van der Waals surface area contributed by atoms with Crippen LogP contribution in [0.15, 0.2) is 83.5 Å². The lowest BCUT2D eigenvalue weighted by molar-refractivity contribution is 0.0796. The van der Waals surface area contributed by atoms with E-state index in [1.54, 1.807) is 53.5 Å². The van der Waals surface area contributed by atoms with Gasteiger partial charge in [-0.3, -0.25) is 9.78 Å². The second-order valence-electron chi connectivity index (χ2n) is 10.6. The molecule has 4 aromatic rings. The predicted molar refractivity (Wildman–Crippen MR) is 147 cm³/mol. The first-order chi connectivity index (χ1) is 18.7. The number of carbonyl (C=O) groups excluding carboxylic acids is 1. The fourth-order valence-corrected chi connectivity index (χ4v) is 7.94. The zero-order chi connectivity index (χ0) is 27.4. The highest BCUT2D eigenvalue weighted by atomic mass is 32.2. The van der Waals surface area contributed by atoms with Gasteiger partial charge in [0, 0.05) is 6.20 Å². The van der Waals surface area contributed by atoms with Crippen molar-refractivity contribution in [3.8, 4) is 5.69 Å². The lowest BCUT2D eigenvalue weighted by Crippen LogP contribution is -2.45. The van der Waals surface area contributed by atoms with Crippen molar-refractivity contribution in [3.63, 3.8) is 0 Å². The number of nitrogens with zero attached hydrogens (tertiary/aromatic N) is 3. The van der Waals surface area contributed by atoms with Crippen LogP contribution in [-0.4, -0.2) is 34.2 Å². The van der Waals surface area contributed by atoms with Crippen molar-refractivity contribution >= 4 is 21.7 Å². The summed E-state index contributed by atoms with van der Waals surface area (Å²) < 4.78 is 43.0. The number of pyridine rings is 1. The van der Waals surface area contributed by atoms with E-state index in [-0.39, 0.29) is 22.9 Å². The zero-order valence-corrected chi connectivity index (χ0v) is 22.6. The highest BCUT2D eigenvalue weighted by molar-refractivity contribution is 7.92. The minimum atomic E-state index is -3.67. The Morgan fingerprint density at radius 3 is 2.56 bits per heavy atom. The zero-order valence-electron chi connectivity index (χ0n) is 21.8. The Hall–Kier alpha value is -3.91. The Balaban J connectivity index is 1.46. The summed E-state index contributed by atoms with van der Waals surface area (Å²) in [7, 11) is -3.67. The van der Waals surface area contributed by atoms with E-state index >= 15 is 0 Å². The third-order valence-electron chi connectivity index (χ3n) is 8.03. The monoisotopic (exact) mass is 541 g/mol. The molecule has 0 amide bonds. The molecule has 39 heavy (non-hydrogen) atoms. The molecule has 198 valence electrons. The van der Waals surface area contributed by atoms with E-state index in [4.69, 9.17) is 0 Å². The summed E-state index contributed by atoms with van der Waals surface area (Å²) in [5.41, 5.74) is 4.35. The molecule has 6 rings (SSSR count). The summed E-state index contributed by atoms with van der Waals surface area (Å²) in [5, 5.41) is 3.85. The molecule has 2 heterocycles. The number of hydrogen-bond donors (Lipinski definition) is 0. The number of Topliss-reactive ketones (excluding diaryl/α,β-unsaturated/α-hetero) is 1. The largest absolute Gasteiger partial charge is 0.291 e. The van der Waals surface area contributed by atoms with E-state index in [0.29, 0.717) is 30.6 Å². The van der Waals surface area contributed by atoms with Crippen molar-refractivity contribution in [1.82, 2.24) is 14.8 Å². The Morgan fingerprint density at radius 1 is 1.05 bits per heavy atom. The molecule has 2 atom stereocenters. The van der Waals surface area contributed by atoms with Gasteiger partial charge in [-0.1, -0.05) is 17.7 Å². The van der Waals surface area contributed by atoms with E-state index in [0.717, 1.165) is 28.0 Å². The first kappa shape index (κ1) is 25.4. The smallest absolute Gasteiger partial charge is 0.191 e. The van der Waals surface area contributed by atoms with E-state index in [9.17, 15) is 17.6 Å². The molecule has 8 heteroatoms. The van der Waals surface area contributed by atoms with Gasteiger partial charge >= 0.3 is 0 Å². The number of aromatic nitrogens is 3. The molecule has 1 saturated carbocycles. The fourth-order valence-electron chi connectivity index (χ4n) is 6.01. The van der Waals surface area contributed by atoms with E-state index in [1.165, 1.54) is 12.1 Å². The first-order valence-corrected chi connectivity index (χ1v) is 14.5. The number of fused-ring (bicyclic) bond motifs is 2. The van der Waals surface area contributed by atoms with Gasteiger partial charge in [-0.15, -0.1) is 0 Å². The molecule has 0 radical (unpaired) electrons. The van der Waals surface area contributed by atoms with Crippen LogP contribution in [0.3, 0.4) is 0 Å². The van der Waals surface area contributed by atoms with Crippen LogP contribution in [0.4, 0.5) is 4.39 Å². The lowest BCUT2D eigenvalue weighted by Gasteiger charge is -2.43. The topological polar surface area (TPSA) is 81.9 Å². The van der Waals surface area contributed by atoms with Gasteiger partial charge in [-0.05, 0) is 111 Å². The maximum Gasteiger partial charge on any atom is 0.191 e. The quantitative estimate of drug-likeness (QED) is 0.296. The molecular weight excluding hydrogens is 513 g/mol. The van der Waals surface area contributed by atoms with Crippen LogP contribution < -0.4 is 0 Å². The average Bonchev–Trinajstić information content (AvgIpc) is 3.33. The second kappa shape index (κ2) is 9.38. The normalized spacial score (nSPS) is 20.6. The molecule has 0 saturated heterocycles. The highest BCUT2D eigenvalue weighted by Crippen LogP contribution is 2.51. The molecule has 0 aliphatic heterocycles. The molecule has 0 spiro atoms. The summed E-state index contributed by atoms with van der Waals surface area (Å²) >= 11 is 0. The number of ketones is 1. The Bertz CT molecular complexity index is 1740. The number of hydrogen-bond acceptors (Lipinski definition) is 5.